The molecule has 3 nitrogen and oxygen atoms in total. The van der Waals surface area contributed by atoms with Crippen LogP contribution >= 0.6 is 11.8 Å². The molecule has 0 unspecified atom stereocenters. The number of hydrogen-bond acceptors (Lipinski definition) is 4. The van der Waals surface area contributed by atoms with Gasteiger partial charge in [0.05, 0.1) is 6.61 Å². The van der Waals surface area contributed by atoms with E-state index >= 15 is 0 Å². The van der Waals surface area contributed by atoms with Crippen molar-refractivity contribution in [2.45, 2.75) is 25.3 Å². The summed E-state index contributed by atoms with van der Waals surface area (Å²) in [5, 5.41) is 0. The molecule has 100 valence electrons. The van der Waals surface area contributed by atoms with E-state index in [-0.39, 0.29) is 5.97 Å². The lowest BCUT2D eigenvalue weighted by molar-refractivity contribution is -0.145. The molecule has 0 heterocycles. The van der Waals surface area contributed by atoms with Gasteiger partial charge in [0.1, 0.15) is 6.04 Å². The molecule has 0 saturated carbocycles. The van der Waals surface area contributed by atoms with Gasteiger partial charge < -0.3 is 10.5 Å². The number of esters is 1. The van der Waals surface area contributed by atoms with Crippen LogP contribution in [0.5, 0.6) is 0 Å². The van der Waals surface area contributed by atoms with E-state index in [4.69, 9.17) is 10.5 Å². The molecular formula is C14H21NO2S. The third-order valence-electron chi connectivity index (χ3n) is 2.63. The summed E-state index contributed by atoms with van der Waals surface area (Å²) in [5.74, 6) is 0.609. The molecule has 0 bridgehead atoms. The Hall–Kier alpha value is -1.00. The zero-order chi connectivity index (χ0) is 13.2. The molecule has 0 radical (unpaired) electrons. The quantitative estimate of drug-likeness (QED) is 0.580. The fourth-order valence-electron chi connectivity index (χ4n) is 1.56. The fraction of sp³-hybridized carbons (Fsp3) is 0.500. The molecule has 18 heavy (non-hydrogen) atoms. The fourth-order valence-corrected chi connectivity index (χ4v) is 2.05. The predicted molar refractivity (Wildman–Crippen MR) is 76.7 cm³/mol. The number of thioether (sulfide) groups is 1. The third-order valence-corrected chi connectivity index (χ3v) is 3.28. The zero-order valence-electron chi connectivity index (χ0n) is 10.8. The van der Waals surface area contributed by atoms with Crippen LogP contribution in [0.3, 0.4) is 0 Å². The van der Waals surface area contributed by atoms with Crippen LogP contribution in [0, 0.1) is 0 Å². The standard InChI is InChI=1S/C14H21NO2S/c1-18-11-9-13(15)14(16)17-10-5-8-12-6-3-2-4-7-12/h2-4,6-7,13H,5,8-11,15H2,1H3/t13-/m0/s1. The summed E-state index contributed by atoms with van der Waals surface area (Å²) in [5.41, 5.74) is 6.97. The van der Waals surface area contributed by atoms with Gasteiger partial charge in [0.2, 0.25) is 0 Å². The molecule has 0 aliphatic carbocycles. The van der Waals surface area contributed by atoms with Crippen LogP contribution in [-0.4, -0.2) is 30.6 Å². The van der Waals surface area contributed by atoms with E-state index in [9.17, 15) is 4.79 Å². The Morgan fingerprint density at radius 2 is 2.11 bits per heavy atom. The van der Waals surface area contributed by atoms with Gasteiger partial charge >= 0.3 is 5.97 Å². The van der Waals surface area contributed by atoms with Crippen molar-refractivity contribution < 1.29 is 9.53 Å². The average Bonchev–Trinajstić information content (AvgIpc) is 2.41. The van der Waals surface area contributed by atoms with Crippen LogP contribution in [0.2, 0.25) is 0 Å². The Kier molecular flexibility index (Phi) is 7.53. The molecule has 0 fully saturated rings. The molecule has 2 N–H and O–H groups in total. The van der Waals surface area contributed by atoms with Gasteiger partial charge in [0, 0.05) is 0 Å². The summed E-state index contributed by atoms with van der Waals surface area (Å²) in [6, 6.07) is 9.69. The van der Waals surface area contributed by atoms with Crippen molar-refractivity contribution in [2.24, 2.45) is 5.73 Å². The van der Waals surface area contributed by atoms with Crippen molar-refractivity contribution in [1.29, 1.82) is 0 Å². The minimum Gasteiger partial charge on any atom is -0.465 e. The molecule has 0 amide bonds. The molecule has 1 atom stereocenters. The average molecular weight is 267 g/mol. The van der Waals surface area contributed by atoms with Gasteiger partial charge in [0.15, 0.2) is 0 Å². The number of ether oxygens (including phenoxy) is 1. The largest absolute Gasteiger partial charge is 0.465 e. The molecule has 0 spiro atoms. The Bertz CT molecular complexity index is 343. The maximum Gasteiger partial charge on any atom is 0.322 e. The van der Waals surface area contributed by atoms with Gasteiger partial charge in [-0.05, 0) is 36.8 Å². The Balaban J connectivity index is 2.12. The molecule has 4 heteroatoms. The van der Waals surface area contributed by atoms with Crippen molar-refractivity contribution in [3.63, 3.8) is 0 Å². The second kappa shape index (κ2) is 9.00. The number of nitrogens with two attached hydrogens (primary N) is 1. The highest BCUT2D eigenvalue weighted by Crippen LogP contribution is 2.04. The van der Waals surface area contributed by atoms with E-state index in [0.29, 0.717) is 13.0 Å². The topological polar surface area (TPSA) is 52.3 Å². The first kappa shape index (κ1) is 15.1. The van der Waals surface area contributed by atoms with Gasteiger partial charge in [-0.1, -0.05) is 30.3 Å². The van der Waals surface area contributed by atoms with Crippen LogP contribution in [0.25, 0.3) is 0 Å². The number of aryl methyl sites for hydroxylation is 1. The Labute approximate surface area is 113 Å². The highest BCUT2D eigenvalue weighted by atomic mass is 32.2. The molecule has 0 aromatic heterocycles. The van der Waals surface area contributed by atoms with Gasteiger partial charge in [-0.15, -0.1) is 0 Å². The number of rotatable bonds is 8. The number of carbonyl (C=O) groups excluding carboxylic acids is 1. The smallest absolute Gasteiger partial charge is 0.322 e. The molecule has 1 rings (SSSR count). The summed E-state index contributed by atoms with van der Waals surface area (Å²) in [6.07, 6.45) is 4.44. The van der Waals surface area contributed by atoms with Crippen molar-refractivity contribution in [3.8, 4) is 0 Å². The minimum atomic E-state index is -0.478. The lowest BCUT2D eigenvalue weighted by Crippen LogP contribution is -2.33. The number of hydrogen-bond donors (Lipinski definition) is 1. The van der Waals surface area contributed by atoms with E-state index in [1.54, 1.807) is 11.8 Å². The normalized spacial score (nSPS) is 12.1. The van der Waals surface area contributed by atoms with Crippen molar-refractivity contribution in [2.75, 3.05) is 18.6 Å². The van der Waals surface area contributed by atoms with Gasteiger partial charge in [-0.25, -0.2) is 0 Å². The van der Waals surface area contributed by atoms with Crippen LogP contribution in [-0.2, 0) is 16.0 Å². The summed E-state index contributed by atoms with van der Waals surface area (Å²) >= 11 is 1.69. The van der Waals surface area contributed by atoms with Gasteiger partial charge in [0.25, 0.3) is 0 Å². The number of benzene rings is 1. The first-order valence-electron chi connectivity index (χ1n) is 6.19. The molecule has 1 aromatic rings. The van der Waals surface area contributed by atoms with Crippen LogP contribution in [0.15, 0.2) is 30.3 Å². The van der Waals surface area contributed by atoms with E-state index < -0.39 is 6.04 Å². The monoisotopic (exact) mass is 267 g/mol. The SMILES string of the molecule is CSCC[C@H](N)C(=O)OCCCc1ccccc1. The molecule has 1 aromatic carbocycles. The second-order valence-corrected chi connectivity index (χ2v) is 5.13. The second-order valence-electron chi connectivity index (χ2n) is 4.14. The van der Waals surface area contributed by atoms with Crippen LogP contribution in [0.4, 0.5) is 0 Å². The Morgan fingerprint density at radius 3 is 2.78 bits per heavy atom. The van der Waals surface area contributed by atoms with E-state index in [0.717, 1.165) is 18.6 Å². The molecule has 0 aliphatic rings. The van der Waals surface area contributed by atoms with E-state index in [1.807, 2.05) is 24.5 Å². The van der Waals surface area contributed by atoms with Crippen molar-refractivity contribution in [1.82, 2.24) is 0 Å². The van der Waals surface area contributed by atoms with E-state index in [1.165, 1.54) is 5.56 Å². The summed E-state index contributed by atoms with van der Waals surface area (Å²) in [7, 11) is 0. The van der Waals surface area contributed by atoms with Crippen molar-refractivity contribution >= 4 is 17.7 Å². The third kappa shape index (κ3) is 6.07. The minimum absolute atomic E-state index is 0.280. The summed E-state index contributed by atoms with van der Waals surface area (Å²) in [6.45, 7) is 0.445. The lowest BCUT2D eigenvalue weighted by atomic mass is 10.1. The Morgan fingerprint density at radius 1 is 1.39 bits per heavy atom. The first-order valence-corrected chi connectivity index (χ1v) is 7.58. The number of carbonyl (C=O) groups is 1. The lowest BCUT2D eigenvalue weighted by Gasteiger charge is -2.10. The molecule has 0 aliphatic heterocycles. The van der Waals surface area contributed by atoms with Gasteiger partial charge in [-0.3, -0.25) is 4.79 Å². The maximum absolute atomic E-state index is 11.5. The highest BCUT2D eigenvalue weighted by molar-refractivity contribution is 7.98. The first-order chi connectivity index (χ1) is 8.74. The summed E-state index contributed by atoms with van der Waals surface area (Å²) < 4.78 is 5.15. The highest BCUT2D eigenvalue weighted by Gasteiger charge is 2.13. The maximum atomic E-state index is 11.5. The molecular weight excluding hydrogens is 246 g/mol. The summed E-state index contributed by atoms with van der Waals surface area (Å²) in [4.78, 5) is 11.5. The van der Waals surface area contributed by atoms with Crippen molar-refractivity contribution in [3.05, 3.63) is 35.9 Å². The zero-order valence-corrected chi connectivity index (χ0v) is 11.6. The van der Waals surface area contributed by atoms with Crippen LogP contribution in [0.1, 0.15) is 18.4 Å². The van der Waals surface area contributed by atoms with Gasteiger partial charge in [-0.2, -0.15) is 11.8 Å². The van der Waals surface area contributed by atoms with E-state index in [2.05, 4.69) is 12.1 Å². The predicted octanol–water partition coefficient (Wildman–Crippen LogP) is 2.24. The van der Waals surface area contributed by atoms with Crippen LogP contribution < -0.4 is 5.73 Å². The molecule has 0 saturated heterocycles.